The molecule has 3 rings (SSSR count). The van der Waals surface area contributed by atoms with Gasteiger partial charge < -0.3 is 20.6 Å². The minimum Gasteiger partial charge on any atom is -0.508 e. The second-order valence-corrected chi connectivity index (χ2v) is 7.81. The first-order valence-electron chi connectivity index (χ1n) is 9.55. The normalized spacial score (nSPS) is 14.0. The topological polar surface area (TPSA) is 72.8 Å². The molecule has 7 heteroatoms. The van der Waals surface area contributed by atoms with Gasteiger partial charge in [0.25, 0.3) is 0 Å². The zero-order valence-corrected chi connectivity index (χ0v) is 17.2. The van der Waals surface area contributed by atoms with E-state index in [0.717, 1.165) is 41.7 Å². The molecule has 0 atom stereocenters. The van der Waals surface area contributed by atoms with Crippen molar-refractivity contribution in [2.75, 3.05) is 25.5 Å². The SMILES string of the molecule is CCNC(=NCc1c(O)ccc2c1CCCC2)NCc1csc(N(C)C)n1. The van der Waals surface area contributed by atoms with Crippen molar-refractivity contribution in [2.45, 2.75) is 45.7 Å². The summed E-state index contributed by atoms with van der Waals surface area (Å²) in [4.78, 5) is 11.3. The molecule has 1 aliphatic rings. The fraction of sp³-hybridized carbons (Fsp3) is 0.500. The van der Waals surface area contributed by atoms with Crippen molar-refractivity contribution in [1.29, 1.82) is 0 Å². The zero-order chi connectivity index (χ0) is 19.2. The highest BCUT2D eigenvalue weighted by atomic mass is 32.1. The molecule has 0 unspecified atom stereocenters. The molecule has 0 saturated carbocycles. The predicted molar refractivity (Wildman–Crippen MR) is 113 cm³/mol. The van der Waals surface area contributed by atoms with Crippen LogP contribution in [0.2, 0.25) is 0 Å². The lowest BCUT2D eigenvalue weighted by atomic mass is 9.88. The summed E-state index contributed by atoms with van der Waals surface area (Å²) in [6.45, 7) is 3.93. The van der Waals surface area contributed by atoms with Crippen molar-refractivity contribution in [1.82, 2.24) is 15.6 Å². The van der Waals surface area contributed by atoms with Crippen LogP contribution in [0.25, 0.3) is 0 Å². The van der Waals surface area contributed by atoms with E-state index in [0.29, 0.717) is 18.8 Å². The molecule has 6 nitrogen and oxygen atoms in total. The van der Waals surface area contributed by atoms with Gasteiger partial charge >= 0.3 is 0 Å². The lowest BCUT2D eigenvalue weighted by Crippen LogP contribution is -2.36. The smallest absolute Gasteiger partial charge is 0.191 e. The van der Waals surface area contributed by atoms with Crippen molar-refractivity contribution < 1.29 is 5.11 Å². The minimum absolute atomic E-state index is 0.352. The van der Waals surface area contributed by atoms with Crippen molar-refractivity contribution >= 4 is 22.4 Å². The summed E-state index contributed by atoms with van der Waals surface area (Å²) in [5.41, 5.74) is 4.61. The molecule has 146 valence electrons. The monoisotopic (exact) mass is 387 g/mol. The standard InChI is InChI=1S/C20H29N5OS/c1-4-21-19(22-11-15-13-27-20(24-15)25(2)3)23-12-17-16-8-6-5-7-14(16)9-10-18(17)26/h9-10,13,26H,4-8,11-12H2,1-3H3,(H2,21,22,23). The molecule has 0 amide bonds. The Hall–Kier alpha value is -2.28. The average molecular weight is 388 g/mol. The Balaban J connectivity index is 1.70. The maximum atomic E-state index is 10.3. The van der Waals surface area contributed by atoms with Gasteiger partial charge in [0.15, 0.2) is 11.1 Å². The van der Waals surface area contributed by atoms with Gasteiger partial charge in [0.05, 0.1) is 18.8 Å². The number of nitrogens with one attached hydrogen (secondary N) is 2. The predicted octanol–water partition coefficient (Wildman–Crippen LogP) is 3.05. The number of hydrogen-bond donors (Lipinski definition) is 3. The number of aromatic hydroxyl groups is 1. The number of thiazole rings is 1. The van der Waals surface area contributed by atoms with Crippen molar-refractivity contribution in [3.05, 3.63) is 39.9 Å². The van der Waals surface area contributed by atoms with E-state index in [4.69, 9.17) is 4.99 Å². The molecule has 0 radical (unpaired) electrons. The lowest BCUT2D eigenvalue weighted by molar-refractivity contribution is 0.465. The number of rotatable bonds is 6. The van der Waals surface area contributed by atoms with Crippen LogP contribution < -0.4 is 15.5 Å². The Labute approximate surface area is 165 Å². The molecule has 27 heavy (non-hydrogen) atoms. The van der Waals surface area contributed by atoms with Crippen LogP contribution in [-0.2, 0) is 25.9 Å². The van der Waals surface area contributed by atoms with Gasteiger partial charge in [-0.2, -0.15) is 0 Å². The van der Waals surface area contributed by atoms with E-state index in [2.05, 4.69) is 27.1 Å². The van der Waals surface area contributed by atoms with Crippen molar-refractivity contribution in [3.8, 4) is 5.75 Å². The van der Waals surface area contributed by atoms with Crippen LogP contribution >= 0.6 is 11.3 Å². The summed E-state index contributed by atoms with van der Waals surface area (Å²) in [6, 6.07) is 3.87. The highest BCUT2D eigenvalue weighted by Crippen LogP contribution is 2.31. The fourth-order valence-corrected chi connectivity index (χ4v) is 4.08. The van der Waals surface area contributed by atoms with Crippen LogP contribution in [0, 0.1) is 0 Å². The van der Waals surface area contributed by atoms with E-state index in [1.807, 2.05) is 32.0 Å². The number of aryl methyl sites for hydroxylation is 1. The number of guanidine groups is 1. The molecule has 0 fully saturated rings. The second kappa shape index (κ2) is 9.08. The van der Waals surface area contributed by atoms with E-state index in [1.165, 1.54) is 24.0 Å². The Kier molecular flexibility index (Phi) is 6.55. The van der Waals surface area contributed by atoms with Gasteiger partial charge in [0.2, 0.25) is 0 Å². The van der Waals surface area contributed by atoms with E-state index in [9.17, 15) is 5.11 Å². The molecule has 0 aliphatic heterocycles. The van der Waals surface area contributed by atoms with Crippen molar-refractivity contribution in [2.24, 2.45) is 4.99 Å². The van der Waals surface area contributed by atoms with Crippen LogP contribution in [0.5, 0.6) is 5.75 Å². The lowest BCUT2D eigenvalue weighted by Gasteiger charge is -2.20. The van der Waals surface area contributed by atoms with Gasteiger partial charge in [-0.05, 0) is 49.8 Å². The fourth-order valence-electron chi connectivity index (χ4n) is 3.33. The Morgan fingerprint density at radius 2 is 2.07 bits per heavy atom. The summed E-state index contributed by atoms with van der Waals surface area (Å²) in [5.74, 6) is 1.09. The highest BCUT2D eigenvalue weighted by Gasteiger charge is 2.16. The van der Waals surface area contributed by atoms with Crippen LogP contribution in [0.4, 0.5) is 5.13 Å². The summed E-state index contributed by atoms with van der Waals surface area (Å²) in [7, 11) is 3.99. The third-order valence-electron chi connectivity index (χ3n) is 4.73. The van der Waals surface area contributed by atoms with Crippen LogP contribution in [-0.4, -0.2) is 36.7 Å². The van der Waals surface area contributed by atoms with Gasteiger partial charge in [-0.1, -0.05) is 6.07 Å². The maximum absolute atomic E-state index is 10.3. The molecule has 1 aromatic heterocycles. The van der Waals surface area contributed by atoms with Crippen LogP contribution in [0.15, 0.2) is 22.5 Å². The average Bonchev–Trinajstić information content (AvgIpc) is 3.14. The molecule has 3 N–H and O–H groups in total. The summed E-state index contributed by atoms with van der Waals surface area (Å²) in [5, 5.41) is 20.0. The number of aromatic nitrogens is 1. The maximum Gasteiger partial charge on any atom is 0.191 e. The Morgan fingerprint density at radius 1 is 1.26 bits per heavy atom. The van der Waals surface area contributed by atoms with Gasteiger partial charge in [-0.15, -0.1) is 11.3 Å². The van der Waals surface area contributed by atoms with Crippen LogP contribution in [0.1, 0.15) is 42.1 Å². The summed E-state index contributed by atoms with van der Waals surface area (Å²) in [6.07, 6.45) is 4.55. The molecule has 1 heterocycles. The number of benzene rings is 1. The molecule has 2 aromatic rings. The largest absolute Gasteiger partial charge is 0.508 e. The molecule has 0 spiro atoms. The van der Waals surface area contributed by atoms with Gasteiger partial charge in [-0.25, -0.2) is 9.98 Å². The van der Waals surface area contributed by atoms with Gasteiger partial charge in [0.1, 0.15) is 5.75 Å². The number of phenolic OH excluding ortho intramolecular Hbond substituents is 1. The number of hydrogen-bond acceptors (Lipinski definition) is 5. The molecular formula is C20H29N5OS. The minimum atomic E-state index is 0.352. The number of aliphatic imine (C=N–C) groups is 1. The van der Waals surface area contributed by atoms with E-state index >= 15 is 0 Å². The Morgan fingerprint density at radius 3 is 2.81 bits per heavy atom. The molecule has 0 saturated heterocycles. The van der Waals surface area contributed by atoms with E-state index in [-0.39, 0.29) is 0 Å². The first-order chi connectivity index (χ1) is 13.1. The van der Waals surface area contributed by atoms with Gasteiger partial charge in [0, 0.05) is 31.6 Å². The van der Waals surface area contributed by atoms with E-state index in [1.54, 1.807) is 11.3 Å². The number of anilines is 1. The Bertz CT molecular complexity index is 800. The first-order valence-corrected chi connectivity index (χ1v) is 10.4. The number of fused-ring (bicyclic) bond motifs is 1. The first kappa shape index (κ1) is 19.5. The summed E-state index contributed by atoms with van der Waals surface area (Å²) >= 11 is 1.63. The third-order valence-corrected chi connectivity index (χ3v) is 5.78. The number of nitrogens with zero attached hydrogens (tertiary/aromatic N) is 3. The zero-order valence-electron chi connectivity index (χ0n) is 16.4. The van der Waals surface area contributed by atoms with Gasteiger partial charge in [-0.3, -0.25) is 0 Å². The quantitative estimate of drug-likeness (QED) is 0.525. The molecule has 1 aliphatic carbocycles. The number of phenols is 1. The summed E-state index contributed by atoms with van der Waals surface area (Å²) < 4.78 is 0. The third kappa shape index (κ3) is 4.91. The molecular weight excluding hydrogens is 358 g/mol. The molecule has 0 bridgehead atoms. The molecule has 1 aromatic carbocycles. The second-order valence-electron chi connectivity index (χ2n) is 6.97. The van der Waals surface area contributed by atoms with E-state index < -0.39 is 0 Å². The highest BCUT2D eigenvalue weighted by molar-refractivity contribution is 7.13. The van der Waals surface area contributed by atoms with Crippen LogP contribution in [0.3, 0.4) is 0 Å². The van der Waals surface area contributed by atoms with Crippen molar-refractivity contribution in [3.63, 3.8) is 0 Å².